The highest BCUT2D eigenvalue weighted by Crippen LogP contribution is 2.45. The summed E-state index contributed by atoms with van der Waals surface area (Å²) >= 11 is 0. The van der Waals surface area contributed by atoms with Crippen LogP contribution in [0.25, 0.3) is 0 Å². The lowest BCUT2D eigenvalue weighted by atomic mass is 9.82. The van der Waals surface area contributed by atoms with Gasteiger partial charge in [0.15, 0.2) is 0 Å². The molecule has 1 saturated heterocycles. The summed E-state index contributed by atoms with van der Waals surface area (Å²) in [7, 11) is 0. The van der Waals surface area contributed by atoms with Gasteiger partial charge in [0.2, 0.25) is 0 Å². The van der Waals surface area contributed by atoms with Gasteiger partial charge in [-0.15, -0.1) is 0 Å². The van der Waals surface area contributed by atoms with Crippen LogP contribution < -0.4 is 5.32 Å². The zero-order valence-electron chi connectivity index (χ0n) is 14.9. The van der Waals surface area contributed by atoms with Gasteiger partial charge in [0.1, 0.15) is 18.0 Å². The normalized spacial score (nSPS) is 25.7. The molecule has 4 heteroatoms. The molecule has 25 heavy (non-hydrogen) atoms. The Balaban J connectivity index is 1.79. The number of anilines is 1. The fourth-order valence-corrected chi connectivity index (χ4v) is 3.71. The highest BCUT2D eigenvalue weighted by molar-refractivity contribution is 5.59. The van der Waals surface area contributed by atoms with E-state index >= 15 is 0 Å². The summed E-state index contributed by atoms with van der Waals surface area (Å²) in [6.45, 7) is 7.68. The van der Waals surface area contributed by atoms with Gasteiger partial charge in [0.05, 0.1) is 19.3 Å². The molecule has 2 aliphatic rings. The molecule has 0 aromatic heterocycles. The molecule has 0 amide bonds. The van der Waals surface area contributed by atoms with Crippen molar-refractivity contribution in [2.45, 2.75) is 44.4 Å². The summed E-state index contributed by atoms with van der Waals surface area (Å²) in [6.07, 6.45) is -0.426. The SMILES string of the molecule is CC(C)(C)c1ccc2c(c1)C1OCCOC1C(c1ccccc1F)N2. The summed E-state index contributed by atoms with van der Waals surface area (Å²) in [5.41, 5.74) is 4.03. The number of ether oxygens (including phenoxy) is 2. The van der Waals surface area contributed by atoms with Crippen molar-refractivity contribution in [3.63, 3.8) is 0 Å². The molecular weight excluding hydrogens is 317 g/mol. The van der Waals surface area contributed by atoms with Crippen molar-refractivity contribution in [1.29, 1.82) is 0 Å². The van der Waals surface area contributed by atoms with Gasteiger partial charge in [-0.25, -0.2) is 4.39 Å². The Morgan fingerprint density at radius 1 is 1.00 bits per heavy atom. The minimum absolute atomic E-state index is 0.0580. The third-order valence-electron chi connectivity index (χ3n) is 5.09. The van der Waals surface area contributed by atoms with Crippen LogP contribution in [0.1, 0.15) is 49.6 Å². The maximum atomic E-state index is 14.4. The van der Waals surface area contributed by atoms with Crippen LogP contribution in [0.2, 0.25) is 0 Å². The van der Waals surface area contributed by atoms with Crippen LogP contribution in [0.4, 0.5) is 10.1 Å². The van der Waals surface area contributed by atoms with Crippen LogP contribution in [0.3, 0.4) is 0 Å². The molecule has 2 heterocycles. The van der Waals surface area contributed by atoms with Gasteiger partial charge in [-0.1, -0.05) is 51.1 Å². The zero-order chi connectivity index (χ0) is 17.6. The first-order valence-corrected chi connectivity index (χ1v) is 8.84. The van der Waals surface area contributed by atoms with E-state index in [9.17, 15) is 4.39 Å². The molecule has 0 radical (unpaired) electrons. The number of hydrogen-bond donors (Lipinski definition) is 1. The second-order valence-corrected chi connectivity index (χ2v) is 7.82. The molecule has 1 N–H and O–H groups in total. The Labute approximate surface area is 148 Å². The molecule has 4 rings (SSSR count). The van der Waals surface area contributed by atoms with Crippen molar-refractivity contribution in [2.75, 3.05) is 18.5 Å². The van der Waals surface area contributed by atoms with Crippen molar-refractivity contribution < 1.29 is 13.9 Å². The van der Waals surface area contributed by atoms with Gasteiger partial charge in [-0.2, -0.15) is 0 Å². The number of fused-ring (bicyclic) bond motifs is 3. The summed E-state index contributed by atoms with van der Waals surface area (Å²) in [5, 5.41) is 3.49. The third kappa shape index (κ3) is 2.94. The van der Waals surface area contributed by atoms with E-state index in [1.807, 2.05) is 12.1 Å². The molecule has 0 saturated carbocycles. The molecule has 2 aliphatic heterocycles. The van der Waals surface area contributed by atoms with E-state index in [1.165, 1.54) is 11.6 Å². The highest BCUT2D eigenvalue weighted by atomic mass is 19.1. The average molecular weight is 341 g/mol. The van der Waals surface area contributed by atoms with Crippen molar-refractivity contribution in [1.82, 2.24) is 0 Å². The maximum Gasteiger partial charge on any atom is 0.128 e. The van der Waals surface area contributed by atoms with Gasteiger partial charge < -0.3 is 14.8 Å². The lowest BCUT2D eigenvalue weighted by molar-refractivity contribution is -0.151. The van der Waals surface area contributed by atoms with E-state index in [-0.39, 0.29) is 29.5 Å². The lowest BCUT2D eigenvalue weighted by Gasteiger charge is -2.43. The molecule has 0 aliphatic carbocycles. The average Bonchev–Trinajstić information content (AvgIpc) is 2.60. The molecule has 1 fully saturated rings. The molecule has 132 valence electrons. The second-order valence-electron chi connectivity index (χ2n) is 7.82. The predicted octanol–water partition coefficient (Wildman–Crippen LogP) is 4.75. The fraction of sp³-hybridized carbons (Fsp3) is 0.429. The van der Waals surface area contributed by atoms with E-state index in [2.05, 4.69) is 44.3 Å². The van der Waals surface area contributed by atoms with Gasteiger partial charge in [0.25, 0.3) is 0 Å². The molecule has 3 unspecified atom stereocenters. The van der Waals surface area contributed by atoms with Crippen LogP contribution in [0.5, 0.6) is 0 Å². The minimum Gasteiger partial charge on any atom is -0.375 e. The molecule has 0 spiro atoms. The lowest BCUT2D eigenvalue weighted by Crippen LogP contribution is -2.43. The number of nitrogens with one attached hydrogen (secondary N) is 1. The number of hydrogen-bond acceptors (Lipinski definition) is 3. The Morgan fingerprint density at radius 2 is 1.76 bits per heavy atom. The van der Waals surface area contributed by atoms with E-state index in [0.29, 0.717) is 18.8 Å². The van der Waals surface area contributed by atoms with Crippen molar-refractivity contribution in [3.8, 4) is 0 Å². The van der Waals surface area contributed by atoms with Gasteiger partial charge >= 0.3 is 0 Å². The second kappa shape index (κ2) is 6.11. The number of halogens is 1. The van der Waals surface area contributed by atoms with Crippen molar-refractivity contribution in [3.05, 3.63) is 65.0 Å². The first-order chi connectivity index (χ1) is 11.9. The molecule has 3 atom stereocenters. The van der Waals surface area contributed by atoms with Gasteiger partial charge in [0, 0.05) is 16.8 Å². The number of rotatable bonds is 1. The van der Waals surface area contributed by atoms with Crippen LogP contribution in [0.15, 0.2) is 42.5 Å². The smallest absolute Gasteiger partial charge is 0.128 e. The monoisotopic (exact) mass is 341 g/mol. The van der Waals surface area contributed by atoms with E-state index in [1.54, 1.807) is 6.07 Å². The quantitative estimate of drug-likeness (QED) is 0.812. The summed E-state index contributed by atoms with van der Waals surface area (Å²) < 4.78 is 26.5. The van der Waals surface area contributed by atoms with Crippen LogP contribution in [-0.4, -0.2) is 19.3 Å². The first-order valence-electron chi connectivity index (χ1n) is 8.84. The fourth-order valence-electron chi connectivity index (χ4n) is 3.71. The van der Waals surface area contributed by atoms with E-state index < -0.39 is 0 Å². The van der Waals surface area contributed by atoms with E-state index in [4.69, 9.17) is 9.47 Å². The Kier molecular flexibility index (Phi) is 4.05. The van der Waals surface area contributed by atoms with Crippen molar-refractivity contribution >= 4 is 5.69 Å². The highest BCUT2D eigenvalue weighted by Gasteiger charge is 2.42. The van der Waals surface area contributed by atoms with Gasteiger partial charge in [-0.05, 0) is 23.1 Å². The van der Waals surface area contributed by atoms with Crippen LogP contribution in [-0.2, 0) is 14.9 Å². The molecular formula is C21H24FNO2. The number of benzene rings is 2. The van der Waals surface area contributed by atoms with Crippen LogP contribution >= 0.6 is 0 Å². The molecule has 2 aromatic carbocycles. The molecule has 2 aromatic rings. The predicted molar refractivity (Wildman–Crippen MR) is 96.3 cm³/mol. The summed E-state index contributed by atoms with van der Waals surface area (Å²) in [4.78, 5) is 0. The third-order valence-corrected chi connectivity index (χ3v) is 5.09. The summed E-state index contributed by atoms with van der Waals surface area (Å²) in [5.74, 6) is -0.220. The molecule has 3 nitrogen and oxygen atoms in total. The minimum atomic E-state index is -0.264. The molecule has 0 bridgehead atoms. The maximum absolute atomic E-state index is 14.4. The summed E-state index contributed by atoms with van der Waals surface area (Å²) in [6, 6.07) is 13.0. The van der Waals surface area contributed by atoms with E-state index in [0.717, 1.165) is 11.3 Å². The van der Waals surface area contributed by atoms with Crippen LogP contribution in [0, 0.1) is 5.82 Å². The van der Waals surface area contributed by atoms with Crippen molar-refractivity contribution in [2.24, 2.45) is 0 Å². The zero-order valence-corrected chi connectivity index (χ0v) is 14.9. The topological polar surface area (TPSA) is 30.5 Å². The largest absolute Gasteiger partial charge is 0.375 e. The van der Waals surface area contributed by atoms with Gasteiger partial charge in [-0.3, -0.25) is 0 Å². The standard InChI is InChI=1S/C21H24FNO2/c1-21(2,3)13-8-9-17-15(12-13)19-20(25-11-10-24-19)18(23-17)14-6-4-5-7-16(14)22/h4-9,12,18-20,23H,10-11H2,1-3H3. The Bertz CT molecular complexity index is 784. The Hall–Kier alpha value is -1.91. The Morgan fingerprint density at radius 3 is 2.52 bits per heavy atom. The first kappa shape index (κ1) is 16.6.